The molecule has 17 heavy (non-hydrogen) atoms. The van der Waals surface area contributed by atoms with Gasteiger partial charge in [-0.25, -0.2) is 0 Å². The number of thioether (sulfide) groups is 1. The summed E-state index contributed by atoms with van der Waals surface area (Å²) in [4.78, 5) is 12.8. The maximum atomic E-state index is 11.8. The fraction of sp³-hybridized carbons (Fsp3) is 0.500. The van der Waals surface area contributed by atoms with Crippen molar-refractivity contribution in [2.75, 3.05) is 6.54 Å². The van der Waals surface area contributed by atoms with E-state index in [1.165, 1.54) is 17.3 Å². The molecule has 0 radical (unpaired) electrons. The Morgan fingerprint density at radius 1 is 1.24 bits per heavy atom. The van der Waals surface area contributed by atoms with Crippen molar-refractivity contribution in [3.63, 3.8) is 0 Å². The highest BCUT2D eigenvalue weighted by molar-refractivity contribution is 8.13. The van der Waals surface area contributed by atoms with Crippen LogP contribution >= 0.6 is 11.8 Å². The van der Waals surface area contributed by atoms with E-state index in [-0.39, 0.29) is 10.5 Å². The molecule has 0 aromatic heterocycles. The number of carbonyl (C=O) groups excluding carboxylic acids is 1. The minimum atomic E-state index is 0.0591. The molecule has 0 atom stereocenters. The summed E-state index contributed by atoms with van der Waals surface area (Å²) >= 11 is 1.33. The Balaban J connectivity index is 2.54. The molecule has 1 aromatic carbocycles. The van der Waals surface area contributed by atoms with Crippen LogP contribution in [0.2, 0.25) is 0 Å². The van der Waals surface area contributed by atoms with Gasteiger partial charge in [0.25, 0.3) is 0 Å². The largest absolute Gasteiger partial charge is 0.330 e. The number of benzene rings is 1. The number of rotatable bonds is 4. The van der Waals surface area contributed by atoms with Gasteiger partial charge in [-0.15, -0.1) is 0 Å². The Kier molecular flexibility index (Phi) is 5.22. The maximum Gasteiger partial charge on any atom is 0.194 e. The van der Waals surface area contributed by atoms with Crippen LogP contribution in [0.5, 0.6) is 0 Å². The van der Waals surface area contributed by atoms with Crippen molar-refractivity contribution in [2.45, 2.75) is 38.5 Å². The summed E-state index contributed by atoms with van der Waals surface area (Å²) in [6.45, 7) is 6.90. The summed E-state index contributed by atoms with van der Waals surface area (Å²) in [5.74, 6) is 0. The van der Waals surface area contributed by atoms with Gasteiger partial charge in [-0.3, -0.25) is 4.79 Å². The molecule has 2 nitrogen and oxygen atoms in total. The van der Waals surface area contributed by atoms with Crippen LogP contribution in [0.25, 0.3) is 0 Å². The maximum absolute atomic E-state index is 11.8. The minimum absolute atomic E-state index is 0.0591. The Morgan fingerprint density at radius 3 is 2.29 bits per heavy atom. The predicted octanol–water partition coefficient (Wildman–Crippen LogP) is 3.24. The van der Waals surface area contributed by atoms with Gasteiger partial charge >= 0.3 is 0 Å². The first-order valence-corrected chi connectivity index (χ1v) is 6.72. The summed E-state index contributed by atoms with van der Waals surface area (Å²) in [6.07, 6.45) is 1.49. The Hall–Kier alpha value is -0.800. The van der Waals surface area contributed by atoms with Gasteiger partial charge in [0.2, 0.25) is 0 Å². The fourth-order valence-corrected chi connectivity index (χ4v) is 2.53. The van der Waals surface area contributed by atoms with Crippen LogP contribution in [0.4, 0.5) is 0 Å². The van der Waals surface area contributed by atoms with E-state index >= 15 is 0 Å². The second-order valence-corrected chi connectivity index (χ2v) is 6.53. The number of carbonyl (C=O) groups is 1. The standard InChI is InChI=1S/C14H21NOS/c1-14(2,3)10-13(16)17-12-6-4-11(5-7-12)8-9-15/h4-7H,8-10,15H2,1-3H3. The van der Waals surface area contributed by atoms with Gasteiger partial charge < -0.3 is 5.73 Å². The second-order valence-electron chi connectivity index (χ2n) is 5.39. The van der Waals surface area contributed by atoms with Crippen LogP contribution in [0.15, 0.2) is 29.2 Å². The summed E-state index contributed by atoms with van der Waals surface area (Å²) in [5.41, 5.74) is 6.77. The van der Waals surface area contributed by atoms with E-state index in [0.29, 0.717) is 13.0 Å². The second kappa shape index (κ2) is 6.22. The van der Waals surface area contributed by atoms with Crippen LogP contribution in [0.1, 0.15) is 32.8 Å². The molecule has 0 bridgehead atoms. The molecule has 0 heterocycles. The van der Waals surface area contributed by atoms with Gasteiger partial charge in [0.05, 0.1) is 0 Å². The SMILES string of the molecule is CC(C)(C)CC(=O)Sc1ccc(CCN)cc1. The van der Waals surface area contributed by atoms with Crippen LogP contribution in [0, 0.1) is 5.41 Å². The van der Waals surface area contributed by atoms with Gasteiger partial charge in [0.1, 0.15) is 0 Å². The Labute approximate surface area is 108 Å². The molecule has 0 aliphatic heterocycles. The highest BCUT2D eigenvalue weighted by atomic mass is 32.2. The van der Waals surface area contributed by atoms with Gasteiger partial charge in [-0.2, -0.15) is 0 Å². The monoisotopic (exact) mass is 251 g/mol. The molecule has 0 spiro atoms. The molecule has 0 saturated carbocycles. The van der Waals surface area contributed by atoms with Crippen molar-refractivity contribution in [2.24, 2.45) is 11.1 Å². The van der Waals surface area contributed by atoms with E-state index in [1.54, 1.807) is 0 Å². The van der Waals surface area contributed by atoms with Crippen LogP contribution in [-0.2, 0) is 11.2 Å². The van der Waals surface area contributed by atoms with E-state index in [1.807, 2.05) is 24.3 Å². The third-order valence-corrected chi connectivity index (χ3v) is 3.14. The molecule has 3 heteroatoms. The summed E-state index contributed by atoms with van der Waals surface area (Å²) in [5, 5.41) is 0.226. The van der Waals surface area contributed by atoms with Gasteiger partial charge in [-0.1, -0.05) is 44.7 Å². The van der Waals surface area contributed by atoms with Gasteiger partial charge in [0, 0.05) is 11.3 Å². The van der Waals surface area contributed by atoms with Crippen LogP contribution in [-0.4, -0.2) is 11.7 Å². The lowest BCUT2D eigenvalue weighted by atomic mass is 9.93. The molecular formula is C14H21NOS. The lowest BCUT2D eigenvalue weighted by molar-refractivity contribution is -0.112. The van der Waals surface area contributed by atoms with Crippen molar-refractivity contribution in [3.8, 4) is 0 Å². The fourth-order valence-electron chi connectivity index (χ4n) is 1.49. The summed E-state index contributed by atoms with van der Waals surface area (Å²) < 4.78 is 0. The quantitative estimate of drug-likeness (QED) is 0.835. The van der Waals surface area contributed by atoms with E-state index in [9.17, 15) is 4.79 Å². The zero-order chi connectivity index (χ0) is 12.9. The van der Waals surface area contributed by atoms with Crippen LogP contribution in [0.3, 0.4) is 0 Å². The van der Waals surface area contributed by atoms with Gasteiger partial charge in [0.15, 0.2) is 5.12 Å². The van der Waals surface area contributed by atoms with Crippen molar-refractivity contribution in [3.05, 3.63) is 29.8 Å². The van der Waals surface area contributed by atoms with Crippen molar-refractivity contribution in [1.82, 2.24) is 0 Å². The molecule has 94 valence electrons. The lowest BCUT2D eigenvalue weighted by Gasteiger charge is -2.16. The topological polar surface area (TPSA) is 43.1 Å². The number of hydrogen-bond donors (Lipinski definition) is 1. The molecule has 0 unspecified atom stereocenters. The molecule has 0 aliphatic carbocycles. The van der Waals surface area contributed by atoms with E-state index in [2.05, 4.69) is 20.8 Å². The molecule has 2 N–H and O–H groups in total. The smallest absolute Gasteiger partial charge is 0.194 e. The zero-order valence-electron chi connectivity index (χ0n) is 10.8. The van der Waals surface area contributed by atoms with E-state index in [0.717, 1.165) is 11.3 Å². The highest BCUT2D eigenvalue weighted by Crippen LogP contribution is 2.27. The average molecular weight is 251 g/mol. The number of hydrogen-bond acceptors (Lipinski definition) is 3. The van der Waals surface area contributed by atoms with Crippen molar-refractivity contribution < 1.29 is 4.79 Å². The lowest BCUT2D eigenvalue weighted by Crippen LogP contribution is -2.10. The van der Waals surface area contributed by atoms with Crippen LogP contribution < -0.4 is 5.73 Å². The molecule has 0 aliphatic rings. The first-order valence-electron chi connectivity index (χ1n) is 5.90. The molecular weight excluding hydrogens is 230 g/mol. The van der Waals surface area contributed by atoms with Crippen molar-refractivity contribution in [1.29, 1.82) is 0 Å². The molecule has 1 rings (SSSR count). The summed E-state index contributed by atoms with van der Waals surface area (Å²) in [6, 6.07) is 8.07. The van der Waals surface area contributed by atoms with E-state index < -0.39 is 0 Å². The third kappa shape index (κ3) is 5.89. The van der Waals surface area contributed by atoms with Crippen molar-refractivity contribution >= 4 is 16.9 Å². The van der Waals surface area contributed by atoms with E-state index in [4.69, 9.17) is 5.73 Å². The third-order valence-electron chi connectivity index (χ3n) is 2.26. The summed E-state index contributed by atoms with van der Waals surface area (Å²) in [7, 11) is 0. The average Bonchev–Trinajstić information content (AvgIpc) is 2.18. The molecule has 0 saturated heterocycles. The Morgan fingerprint density at radius 2 is 1.82 bits per heavy atom. The molecule has 1 aromatic rings. The molecule has 0 amide bonds. The first kappa shape index (κ1) is 14.3. The van der Waals surface area contributed by atoms with Gasteiger partial charge in [-0.05, 0) is 36.1 Å². The Bertz CT molecular complexity index is 365. The highest BCUT2D eigenvalue weighted by Gasteiger charge is 2.16. The minimum Gasteiger partial charge on any atom is -0.330 e. The first-order chi connectivity index (χ1) is 7.90. The normalized spacial score (nSPS) is 11.5. The zero-order valence-corrected chi connectivity index (χ0v) is 11.6. The predicted molar refractivity (Wildman–Crippen MR) is 74.1 cm³/mol. The molecule has 0 fully saturated rings. The number of nitrogens with two attached hydrogens (primary N) is 1.